The molecule has 156 valence electrons. The summed E-state index contributed by atoms with van der Waals surface area (Å²) in [5.41, 5.74) is 1.96. The van der Waals surface area contributed by atoms with E-state index in [1.165, 1.54) is 24.6 Å². The Balaban J connectivity index is 1.45. The van der Waals surface area contributed by atoms with Gasteiger partial charge in [-0.15, -0.1) is 10.2 Å². The molecular weight excluding hydrogens is 394 g/mol. The van der Waals surface area contributed by atoms with Crippen LogP contribution in [0.3, 0.4) is 0 Å². The van der Waals surface area contributed by atoms with Crippen LogP contribution in [0.4, 0.5) is 0 Å². The molecule has 0 bridgehead atoms. The molecule has 3 aromatic rings. The van der Waals surface area contributed by atoms with Crippen molar-refractivity contribution in [2.24, 2.45) is 0 Å². The molecule has 30 heavy (non-hydrogen) atoms. The van der Waals surface area contributed by atoms with Crippen molar-refractivity contribution in [3.63, 3.8) is 0 Å². The van der Waals surface area contributed by atoms with Crippen LogP contribution in [-0.4, -0.2) is 57.0 Å². The minimum atomic E-state index is 0.0138. The number of carbonyl (C=O) groups is 1. The minimum absolute atomic E-state index is 0.0138. The molecule has 6 nitrogen and oxygen atoms in total. The summed E-state index contributed by atoms with van der Waals surface area (Å²) in [5.74, 6) is 1.09. The summed E-state index contributed by atoms with van der Waals surface area (Å²) in [5, 5.41) is 12.6. The maximum atomic E-state index is 12.4. The first-order valence-electron chi connectivity index (χ1n) is 10.3. The second kappa shape index (κ2) is 9.45. The van der Waals surface area contributed by atoms with Gasteiger partial charge in [0.25, 0.3) is 0 Å². The predicted octanol–water partition coefficient (Wildman–Crippen LogP) is 3.63. The zero-order valence-corrected chi connectivity index (χ0v) is 18.2. The number of hydrogen-bond acceptors (Lipinski definition) is 5. The van der Waals surface area contributed by atoms with Gasteiger partial charge in [-0.3, -0.25) is 14.3 Å². The van der Waals surface area contributed by atoms with Crippen LogP contribution in [0.2, 0.25) is 0 Å². The van der Waals surface area contributed by atoms with E-state index in [0.29, 0.717) is 29.5 Å². The Labute approximate surface area is 181 Å². The van der Waals surface area contributed by atoms with Crippen LogP contribution in [0.5, 0.6) is 0 Å². The Kier molecular flexibility index (Phi) is 6.50. The molecule has 0 saturated heterocycles. The summed E-state index contributed by atoms with van der Waals surface area (Å²) in [6.07, 6.45) is 2.53. The van der Waals surface area contributed by atoms with Crippen LogP contribution >= 0.6 is 11.8 Å². The molecule has 7 heteroatoms. The molecule has 0 spiro atoms. The quantitative estimate of drug-likeness (QED) is 0.535. The first-order valence-corrected chi connectivity index (χ1v) is 11.3. The fraction of sp³-hybridized carbons (Fsp3) is 0.348. The summed E-state index contributed by atoms with van der Waals surface area (Å²) in [7, 11) is 2.14. The maximum Gasteiger partial charge on any atom is 0.230 e. The number of benzene rings is 2. The highest BCUT2D eigenvalue weighted by Gasteiger charge is 2.29. The molecule has 1 aliphatic carbocycles. The van der Waals surface area contributed by atoms with E-state index >= 15 is 0 Å². The third-order valence-electron chi connectivity index (χ3n) is 5.42. The number of rotatable bonds is 9. The Hall–Kier alpha value is -2.64. The highest BCUT2D eigenvalue weighted by atomic mass is 32.2. The largest absolute Gasteiger partial charge is 0.354 e. The van der Waals surface area contributed by atoms with Gasteiger partial charge in [0.1, 0.15) is 0 Å². The molecule has 1 heterocycles. The smallest absolute Gasteiger partial charge is 0.230 e. The summed E-state index contributed by atoms with van der Waals surface area (Å²) in [4.78, 5) is 14.8. The van der Waals surface area contributed by atoms with Gasteiger partial charge in [-0.25, -0.2) is 0 Å². The molecule has 1 aliphatic rings. The van der Waals surface area contributed by atoms with Crippen LogP contribution < -0.4 is 5.32 Å². The zero-order valence-electron chi connectivity index (χ0n) is 17.4. The first kappa shape index (κ1) is 20.6. The van der Waals surface area contributed by atoms with Crippen molar-refractivity contribution in [3.05, 3.63) is 60.7 Å². The Morgan fingerprint density at radius 2 is 1.80 bits per heavy atom. The number of nitrogens with zero attached hydrogens (tertiary/aromatic N) is 4. The van der Waals surface area contributed by atoms with E-state index in [-0.39, 0.29) is 5.91 Å². The lowest BCUT2D eigenvalue weighted by Gasteiger charge is -2.24. The highest BCUT2D eigenvalue weighted by Crippen LogP contribution is 2.28. The van der Waals surface area contributed by atoms with Gasteiger partial charge in [-0.1, -0.05) is 60.3 Å². The molecule has 1 atom stereocenters. The molecule has 1 saturated carbocycles. The zero-order chi connectivity index (χ0) is 20.9. The van der Waals surface area contributed by atoms with E-state index in [2.05, 4.69) is 34.4 Å². The minimum Gasteiger partial charge on any atom is -0.354 e. The van der Waals surface area contributed by atoms with E-state index in [0.717, 1.165) is 17.1 Å². The first-order chi connectivity index (χ1) is 14.6. The van der Waals surface area contributed by atoms with Crippen molar-refractivity contribution < 1.29 is 4.79 Å². The van der Waals surface area contributed by atoms with Crippen molar-refractivity contribution in [3.8, 4) is 17.1 Å². The van der Waals surface area contributed by atoms with Crippen molar-refractivity contribution in [1.82, 2.24) is 25.0 Å². The number of para-hydroxylation sites is 1. The van der Waals surface area contributed by atoms with Gasteiger partial charge in [-0.2, -0.15) is 0 Å². The molecule has 1 aromatic heterocycles. The normalized spacial score (nSPS) is 14.6. The summed E-state index contributed by atoms with van der Waals surface area (Å²) >= 11 is 1.41. The standard InChI is InChI=1S/C23H27N5OS/c1-17(27(2)19-13-14-19)15-24-21(29)16-30-23-26-25-22(18-9-5-3-6-10-18)28(23)20-11-7-4-8-12-20/h3-12,17,19H,13-16H2,1-2H3,(H,24,29). The van der Waals surface area contributed by atoms with Crippen molar-refractivity contribution in [2.45, 2.75) is 37.0 Å². The number of carbonyl (C=O) groups excluding carboxylic acids is 1. The predicted molar refractivity (Wildman–Crippen MR) is 121 cm³/mol. The summed E-state index contributed by atoms with van der Waals surface area (Å²) in [6.45, 7) is 2.82. The van der Waals surface area contributed by atoms with E-state index < -0.39 is 0 Å². The third-order valence-corrected chi connectivity index (χ3v) is 6.35. The second-order valence-electron chi connectivity index (χ2n) is 7.68. The SMILES string of the molecule is CC(CNC(=O)CSc1nnc(-c2ccccc2)n1-c1ccccc1)N(C)C1CC1. The Morgan fingerprint density at radius 3 is 2.47 bits per heavy atom. The Morgan fingerprint density at radius 1 is 1.13 bits per heavy atom. The van der Waals surface area contributed by atoms with Gasteiger partial charge < -0.3 is 5.32 Å². The van der Waals surface area contributed by atoms with Crippen molar-refractivity contribution >= 4 is 17.7 Å². The van der Waals surface area contributed by atoms with Crippen molar-refractivity contribution in [2.75, 3.05) is 19.3 Å². The van der Waals surface area contributed by atoms with Gasteiger partial charge in [-0.05, 0) is 38.9 Å². The molecule has 4 rings (SSSR count). The maximum absolute atomic E-state index is 12.4. The van der Waals surface area contributed by atoms with Gasteiger partial charge in [0.15, 0.2) is 11.0 Å². The third kappa shape index (κ3) is 4.91. The number of likely N-dealkylation sites (N-methyl/N-ethyl adjacent to an activating group) is 1. The number of aromatic nitrogens is 3. The number of amides is 1. The lowest BCUT2D eigenvalue weighted by Crippen LogP contribution is -2.41. The van der Waals surface area contributed by atoms with Crippen LogP contribution in [0.1, 0.15) is 19.8 Å². The molecule has 0 radical (unpaired) electrons. The van der Waals surface area contributed by atoms with Gasteiger partial charge in [0.2, 0.25) is 5.91 Å². The highest BCUT2D eigenvalue weighted by molar-refractivity contribution is 7.99. The topological polar surface area (TPSA) is 63.1 Å². The molecule has 2 aromatic carbocycles. The Bertz CT molecular complexity index is 972. The van der Waals surface area contributed by atoms with E-state index in [1.54, 1.807) is 0 Å². The molecule has 1 amide bonds. The van der Waals surface area contributed by atoms with Gasteiger partial charge in [0, 0.05) is 29.9 Å². The lowest BCUT2D eigenvalue weighted by molar-refractivity contribution is -0.118. The number of nitrogens with one attached hydrogen (secondary N) is 1. The van der Waals surface area contributed by atoms with Crippen LogP contribution in [0.25, 0.3) is 17.1 Å². The second-order valence-corrected chi connectivity index (χ2v) is 8.62. The molecule has 0 aliphatic heterocycles. The molecule has 1 fully saturated rings. The summed E-state index contributed by atoms with van der Waals surface area (Å²) < 4.78 is 2.01. The summed E-state index contributed by atoms with van der Waals surface area (Å²) in [6, 6.07) is 21.0. The van der Waals surface area contributed by atoms with Gasteiger partial charge >= 0.3 is 0 Å². The molecule has 1 N–H and O–H groups in total. The fourth-order valence-corrected chi connectivity index (χ4v) is 4.16. The lowest BCUT2D eigenvalue weighted by atomic mass is 10.2. The van der Waals surface area contributed by atoms with E-state index in [9.17, 15) is 4.79 Å². The van der Waals surface area contributed by atoms with Crippen LogP contribution in [-0.2, 0) is 4.79 Å². The number of hydrogen-bond donors (Lipinski definition) is 1. The molecule has 1 unspecified atom stereocenters. The van der Waals surface area contributed by atoms with Crippen molar-refractivity contribution in [1.29, 1.82) is 0 Å². The van der Waals surface area contributed by atoms with Crippen LogP contribution in [0, 0.1) is 0 Å². The average Bonchev–Trinajstić information content (AvgIpc) is 3.55. The average molecular weight is 422 g/mol. The van der Waals surface area contributed by atoms with Gasteiger partial charge in [0.05, 0.1) is 5.75 Å². The monoisotopic (exact) mass is 421 g/mol. The van der Waals surface area contributed by atoms with E-state index in [4.69, 9.17) is 0 Å². The number of thioether (sulfide) groups is 1. The van der Waals surface area contributed by atoms with E-state index in [1.807, 2.05) is 65.2 Å². The molecular formula is C23H27N5OS. The fourth-order valence-electron chi connectivity index (χ4n) is 3.38. The van der Waals surface area contributed by atoms with Crippen LogP contribution in [0.15, 0.2) is 65.8 Å².